The Bertz CT molecular complexity index is 456. The fourth-order valence-electron chi connectivity index (χ4n) is 2.34. The maximum Gasteiger partial charge on any atom is 0.335 e. The Balaban J connectivity index is 3.18. The number of nitrogens with two attached hydrogens (primary N) is 1. The SMILES string of the molecule is CCCCNc1c(C)cc(C(=O)O)c(CCN)c1C. The van der Waals surface area contributed by atoms with Gasteiger partial charge in [-0.3, -0.25) is 0 Å². The van der Waals surface area contributed by atoms with E-state index in [0.717, 1.165) is 41.8 Å². The highest BCUT2D eigenvalue weighted by Crippen LogP contribution is 2.27. The first-order valence-corrected chi connectivity index (χ1v) is 6.83. The van der Waals surface area contributed by atoms with Crippen molar-refractivity contribution in [2.24, 2.45) is 5.73 Å². The third-order valence-corrected chi connectivity index (χ3v) is 3.36. The van der Waals surface area contributed by atoms with Crippen molar-refractivity contribution < 1.29 is 9.90 Å². The molecule has 4 N–H and O–H groups in total. The summed E-state index contributed by atoms with van der Waals surface area (Å²) in [7, 11) is 0. The van der Waals surface area contributed by atoms with Gasteiger partial charge in [0.05, 0.1) is 5.56 Å². The summed E-state index contributed by atoms with van der Waals surface area (Å²) >= 11 is 0. The third kappa shape index (κ3) is 3.70. The quantitative estimate of drug-likeness (QED) is 0.662. The van der Waals surface area contributed by atoms with E-state index in [1.54, 1.807) is 6.07 Å². The molecule has 0 bridgehead atoms. The Hall–Kier alpha value is -1.55. The Kier molecular flexibility index (Phi) is 5.83. The molecule has 0 fully saturated rings. The molecule has 19 heavy (non-hydrogen) atoms. The zero-order valence-electron chi connectivity index (χ0n) is 12.0. The molecule has 1 aromatic carbocycles. The highest BCUT2D eigenvalue weighted by Gasteiger charge is 2.16. The molecule has 0 saturated heterocycles. The Morgan fingerprint density at radius 2 is 2.11 bits per heavy atom. The number of carbonyl (C=O) groups is 1. The molecule has 1 aromatic rings. The van der Waals surface area contributed by atoms with Crippen LogP contribution in [0.1, 0.15) is 46.8 Å². The first kappa shape index (κ1) is 15.5. The summed E-state index contributed by atoms with van der Waals surface area (Å²) in [4.78, 5) is 11.3. The molecule has 1 rings (SSSR count). The van der Waals surface area contributed by atoms with Crippen LogP contribution in [0.15, 0.2) is 6.07 Å². The maximum absolute atomic E-state index is 11.3. The van der Waals surface area contributed by atoms with Crippen molar-refractivity contribution in [3.63, 3.8) is 0 Å². The molecule has 0 aliphatic heterocycles. The fourth-order valence-corrected chi connectivity index (χ4v) is 2.34. The summed E-state index contributed by atoms with van der Waals surface area (Å²) in [5, 5.41) is 12.7. The van der Waals surface area contributed by atoms with Gasteiger partial charge in [-0.1, -0.05) is 13.3 Å². The lowest BCUT2D eigenvalue weighted by atomic mass is 9.94. The fraction of sp³-hybridized carbons (Fsp3) is 0.533. The molecular weight excluding hydrogens is 240 g/mol. The summed E-state index contributed by atoms with van der Waals surface area (Å²) in [5.74, 6) is -0.880. The van der Waals surface area contributed by atoms with E-state index in [0.29, 0.717) is 18.5 Å². The molecule has 4 heteroatoms. The smallest absolute Gasteiger partial charge is 0.335 e. The van der Waals surface area contributed by atoms with E-state index >= 15 is 0 Å². The van der Waals surface area contributed by atoms with Crippen LogP contribution in [0, 0.1) is 13.8 Å². The summed E-state index contributed by atoms with van der Waals surface area (Å²) < 4.78 is 0. The molecule has 0 spiro atoms. The van der Waals surface area contributed by atoms with E-state index < -0.39 is 5.97 Å². The number of carboxylic acids is 1. The molecule has 0 heterocycles. The molecule has 106 valence electrons. The van der Waals surface area contributed by atoms with Gasteiger partial charge in [-0.2, -0.15) is 0 Å². The number of hydrogen-bond acceptors (Lipinski definition) is 3. The second-order valence-corrected chi connectivity index (χ2v) is 4.84. The number of hydrogen-bond donors (Lipinski definition) is 3. The molecule has 4 nitrogen and oxygen atoms in total. The van der Waals surface area contributed by atoms with Gasteiger partial charge in [0.25, 0.3) is 0 Å². The van der Waals surface area contributed by atoms with Crippen molar-refractivity contribution in [3.05, 3.63) is 28.3 Å². The normalized spacial score (nSPS) is 10.5. The predicted molar refractivity (Wildman–Crippen MR) is 79.0 cm³/mol. The number of unbranched alkanes of at least 4 members (excludes halogenated alkanes) is 1. The minimum atomic E-state index is -0.880. The number of aryl methyl sites for hydroxylation is 1. The summed E-state index contributed by atoms with van der Waals surface area (Å²) in [6.45, 7) is 7.43. The van der Waals surface area contributed by atoms with Crippen LogP contribution < -0.4 is 11.1 Å². The van der Waals surface area contributed by atoms with Gasteiger partial charge < -0.3 is 16.2 Å². The van der Waals surface area contributed by atoms with Crippen LogP contribution in [0.25, 0.3) is 0 Å². The number of anilines is 1. The molecule has 0 unspecified atom stereocenters. The van der Waals surface area contributed by atoms with Crippen molar-refractivity contribution in [2.45, 2.75) is 40.0 Å². The zero-order valence-corrected chi connectivity index (χ0v) is 12.0. The number of rotatable bonds is 7. The molecule has 0 radical (unpaired) electrons. The second kappa shape index (κ2) is 7.14. The van der Waals surface area contributed by atoms with Gasteiger partial charge >= 0.3 is 5.97 Å². The third-order valence-electron chi connectivity index (χ3n) is 3.36. The van der Waals surface area contributed by atoms with E-state index in [-0.39, 0.29) is 0 Å². The van der Waals surface area contributed by atoms with E-state index in [9.17, 15) is 9.90 Å². The molecule has 0 aliphatic rings. The average Bonchev–Trinajstić information content (AvgIpc) is 2.36. The first-order valence-electron chi connectivity index (χ1n) is 6.83. The summed E-state index contributed by atoms with van der Waals surface area (Å²) in [5.41, 5.74) is 9.87. The highest BCUT2D eigenvalue weighted by atomic mass is 16.4. The largest absolute Gasteiger partial charge is 0.478 e. The molecule has 0 amide bonds. The van der Waals surface area contributed by atoms with E-state index in [1.165, 1.54) is 0 Å². The predicted octanol–water partition coefficient (Wildman–Crippen LogP) is 2.71. The Morgan fingerprint density at radius 3 is 2.63 bits per heavy atom. The van der Waals surface area contributed by atoms with Crippen molar-refractivity contribution in [1.29, 1.82) is 0 Å². The van der Waals surface area contributed by atoms with Crippen LogP contribution in [-0.4, -0.2) is 24.2 Å². The Labute approximate surface area is 115 Å². The molecule has 0 aromatic heterocycles. The number of aromatic carboxylic acids is 1. The second-order valence-electron chi connectivity index (χ2n) is 4.84. The van der Waals surface area contributed by atoms with Gasteiger partial charge in [0.2, 0.25) is 0 Å². The topological polar surface area (TPSA) is 75.3 Å². The number of nitrogens with one attached hydrogen (secondary N) is 1. The van der Waals surface area contributed by atoms with E-state index in [1.807, 2.05) is 13.8 Å². The lowest BCUT2D eigenvalue weighted by Gasteiger charge is -2.18. The van der Waals surface area contributed by atoms with Gasteiger partial charge in [-0.05, 0) is 56.0 Å². The highest BCUT2D eigenvalue weighted by molar-refractivity contribution is 5.91. The standard InChI is InChI=1S/C15H24N2O2/c1-4-5-8-17-14-10(2)9-13(15(18)19)12(6-7-16)11(14)3/h9,17H,4-8,16H2,1-3H3,(H,18,19). The van der Waals surface area contributed by atoms with Crippen molar-refractivity contribution in [2.75, 3.05) is 18.4 Å². The van der Waals surface area contributed by atoms with Gasteiger partial charge in [-0.25, -0.2) is 4.79 Å². The molecular formula is C15H24N2O2. The monoisotopic (exact) mass is 264 g/mol. The zero-order chi connectivity index (χ0) is 14.4. The lowest BCUT2D eigenvalue weighted by Crippen LogP contribution is -2.14. The Morgan fingerprint density at radius 1 is 1.42 bits per heavy atom. The molecule has 0 aliphatic carbocycles. The minimum Gasteiger partial charge on any atom is -0.478 e. The number of benzene rings is 1. The van der Waals surface area contributed by atoms with Gasteiger partial charge in [0, 0.05) is 12.2 Å². The average molecular weight is 264 g/mol. The van der Waals surface area contributed by atoms with Crippen LogP contribution in [0.4, 0.5) is 5.69 Å². The van der Waals surface area contributed by atoms with Crippen LogP contribution in [0.5, 0.6) is 0 Å². The van der Waals surface area contributed by atoms with E-state index in [2.05, 4.69) is 12.2 Å². The van der Waals surface area contributed by atoms with Gasteiger partial charge in [0.15, 0.2) is 0 Å². The van der Waals surface area contributed by atoms with Crippen LogP contribution in [0.2, 0.25) is 0 Å². The summed E-state index contributed by atoms with van der Waals surface area (Å²) in [6.07, 6.45) is 2.83. The maximum atomic E-state index is 11.3. The van der Waals surface area contributed by atoms with Gasteiger partial charge in [-0.15, -0.1) is 0 Å². The summed E-state index contributed by atoms with van der Waals surface area (Å²) in [6, 6.07) is 1.74. The van der Waals surface area contributed by atoms with Crippen LogP contribution in [0.3, 0.4) is 0 Å². The molecule has 0 atom stereocenters. The lowest BCUT2D eigenvalue weighted by molar-refractivity contribution is 0.0695. The van der Waals surface area contributed by atoms with Crippen LogP contribution >= 0.6 is 0 Å². The van der Waals surface area contributed by atoms with Crippen LogP contribution in [-0.2, 0) is 6.42 Å². The number of carboxylic acid groups (broad SMARTS) is 1. The van der Waals surface area contributed by atoms with Crippen molar-refractivity contribution in [3.8, 4) is 0 Å². The molecule has 0 saturated carbocycles. The van der Waals surface area contributed by atoms with Crippen molar-refractivity contribution >= 4 is 11.7 Å². The minimum absolute atomic E-state index is 0.376. The first-order chi connectivity index (χ1) is 9.02. The van der Waals surface area contributed by atoms with Crippen molar-refractivity contribution in [1.82, 2.24) is 0 Å². The van der Waals surface area contributed by atoms with E-state index in [4.69, 9.17) is 5.73 Å². The van der Waals surface area contributed by atoms with Gasteiger partial charge in [0.1, 0.15) is 0 Å².